The quantitative estimate of drug-likeness (QED) is 0.485. The minimum Gasteiger partial charge on any atom is -0.507 e. The lowest BCUT2D eigenvalue weighted by Gasteiger charge is -2.33. The molecule has 0 aromatic rings. The zero-order valence-electron chi connectivity index (χ0n) is 16.9. The van der Waals surface area contributed by atoms with Gasteiger partial charge < -0.3 is 20.1 Å². The van der Waals surface area contributed by atoms with Crippen molar-refractivity contribution in [1.29, 1.82) is 0 Å². The first-order valence-electron chi connectivity index (χ1n) is 9.29. The molecule has 6 heteroatoms. The first-order valence-corrected chi connectivity index (χ1v) is 9.29. The van der Waals surface area contributed by atoms with Crippen LogP contribution in [-0.4, -0.2) is 44.2 Å². The summed E-state index contributed by atoms with van der Waals surface area (Å²) in [4.78, 5) is 25.7. The second-order valence-corrected chi connectivity index (χ2v) is 8.69. The van der Waals surface area contributed by atoms with E-state index >= 15 is 0 Å². The van der Waals surface area contributed by atoms with E-state index in [0.717, 1.165) is 5.57 Å². The van der Waals surface area contributed by atoms with Gasteiger partial charge in [-0.25, -0.2) is 0 Å². The van der Waals surface area contributed by atoms with Gasteiger partial charge in [0, 0.05) is 24.8 Å². The molecule has 0 aromatic carbocycles. The van der Waals surface area contributed by atoms with Crippen molar-refractivity contribution < 1.29 is 29.6 Å². The predicted molar refractivity (Wildman–Crippen MR) is 101 cm³/mol. The van der Waals surface area contributed by atoms with Crippen molar-refractivity contribution in [3.05, 3.63) is 34.3 Å². The highest BCUT2D eigenvalue weighted by atomic mass is 16.5. The summed E-state index contributed by atoms with van der Waals surface area (Å²) in [6, 6.07) is 0. The Morgan fingerprint density at radius 3 is 2.44 bits per heavy atom. The maximum atomic E-state index is 13.1. The summed E-state index contributed by atoms with van der Waals surface area (Å²) in [7, 11) is 0. The number of carbonyl (C=O) groups excluding carboxylic acids is 2. The predicted octanol–water partition coefficient (Wildman–Crippen LogP) is 2.90. The van der Waals surface area contributed by atoms with E-state index in [4.69, 9.17) is 4.74 Å². The van der Waals surface area contributed by atoms with Crippen LogP contribution in [0.5, 0.6) is 0 Å². The minimum atomic E-state index is -2.07. The van der Waals surface area contributed by atoms with E-state index in [2.05, 4.69) is 0 Å². The van der Waals surface area contributed by atoms with E-state index < -0.39 is 34.6 Å². The third-order valence-electron chi connectivity index (χ3n) is 4.89. The highest BCUT2D eigenvalue weighted by Gasteiger charge is 2.55. The molecule has 150 valence electrons. The van der Waals surface area contributed by atoms with Crippen molar-refractivity contribution in [3.63, 3.8) is 0 Å². The highest BCUT2D eigenvalue weighted by molar-refractivity contribution is 6.25. The van der Waals surface area contributed by atoms with Crippen LogP contribution in [0.2, 0.25) is 0 Å². The van der Waals surface area contributed by atoms with Gasteiger partial charge in [-0.2, -0.15) is 0 Å². The number of aliphatic hydroxyl groups excluding tert-OH is 1. The molecule has 1 aliphatic heterocycles. The zero-order valence-corrected chi connectivity index (χ0v) is 16.9. The molecule has 2 atom stereocenters. The molecule has 3 N–H and O–H groups in total. The summed E-state index contributed by atoms with van der Waals surface area (Å²) >= 11 is 0. The lowest BCUT2D eigenvalue weighted by Crippen LogP contribution is -2.47. The van der Waals surface area contributed by atoms with Crippen LogP contribution in [0.4, 0.5) is 0 Å². The smallest absolute Gasteiger partial charge is 0.209 e. The van der Waals surface area contributed by atoms with Gasteiger partial charge in [-0.1, -0.05) is 25.5 Å². The van der Waals surface area contributed by atoms with Crippen LogP contribution in [0, 0.1) is 5.92 Å². The van der Waals surface area contributed by atoms with Gasteiger partial charge in [0.1, 0.15) is 23.2 Å². The van der Waals surface area contributed by atoms with Crippen molar-refractivity contribution >= 4 is 11.6 Å². The van der Waals surface area contributed by atoms with Gasteiger partial charge in [-0.3, -0.25) is 9.59 Å². The Hall–Kier alpha value is -1.92. The standard InChI is InChI=1S/C21H30O6/c1-11(2)7-8-21(26)18(24)16(14(22)9-12(3)4)17(23)13-10-15(20(5,6)25)27-19(13)21/h7,12,15,23,25-26H,8-10H2,1-6H3/t15-,21-/m1/s1. The molecule has 0 bridgehead atoms. The maximum Gasteiger partial charge on any atom is 0.209 e. The van der Waals surface area contributed by atoms with Gasteiger partial charge in [0.2, 0.25) is 5.78 Å². The van der Waals surface area contributed by atoms with Crippen molar-refractivity contribution in [3.8, 4) is 0 Å². The Morgan fingerprint density at radius 2 is 1.96 bits per heavy atom. The number of carbonyl (C=O) groups is 2. The number of Topliss-reactive ketones (excluding diaryl/α,β-unsaturated/α-hetero) is 2. The average Bonchev–Trinajstić information content (AvgIpc) is 2.97. The van der Waals surface area contributed by atoms with Gasteiger partial charge in [-0.05, 0) is 33.6 Å². The zero-order chi connectivity index (χ0) is 20.7. The number of rotatable bonds is 6. The topological polar surface area (TPSA) is 104 Å². The number of hydrogen-bond acceptors (Lipinski definition) is 6. The molecule has 0 aromatic heterocycles. The molecular formula is C21H30O6. The van der Waals surface area contributed by atoms with Crippen LogP contribution in [0.1, 0.15) is 60.8 Å². The number of ether oxygens (including phenoxy) is 1. The van der Waals surface area contributed by atoms with Crippen LogP contribution in [0.25, 0.3) is 0 Å². The number of allylic oxidation sites excluding steroid dienone is 2. The van der Waals surface area contributed by atoms with Gasteiger partial charge in [0.25, 0.3) is 0 Å². The number of aliphatic hydroxyl groups is 3. The molecule has 0 saturated heterocycles. The van der Waals surface area contributed by atoms with E-state index in [1.165, 1.54) is 0 Å². The van der Waals surface area contributed by atoms with Crippen molar-refractivity contribution in [2.75, 3.05) is 0 Å². The van der Waals surface area contributed by atoms with Crippen LogP contribution in [0.3, 0.4) is 0 Å². The molecule has 6 nitrogen and oxygen atoms in total. The molecule has 0 fully saturated rings. The lowest BCUT2D eigenvalue weighted by atomic mass is 9.77. The van der Waals surface area contributed by atoms with E-state index in [9.17, 15) is 24.9 Å². The third kappa shape index (κ3) is 4.01. The number of hydrogen-bond donors (Lipinski definition) is 3. The molecular weight excluding hydrogens is 348 g/mol. The molecule has 0 saturated carbocycles. The third-order valence-corrected chi connectivity index (χ3v) is 4.89. The molecule has 0 unspecified atom stereocenters. The normalized spacial score (nSPS) is 25.7. The average molecular weight is 378 g/mol. The largest absolute Gasteiger partial charge is 0.507 e. The molecule has 27 heavy (non-hydrogen) atoms. The lowest BCUT2D eigenvalue weighted by molar-refractivity contribution is -0.138. The fourth-order valence-electron chi connectivity index (χ4n) is 3.32. The first-order chi connectivity index (χ1) is 12.3. The summed E-state index contributed by atoms with van der Waals surface area (Å²) < 4.78 is 5.75. The van der Waals surface area contributed by atoms with Crippen molar-refractivity contribution in [2.45, 2.75) is 78.1 Å². The molecule has 2 rings (SSSR count). The maximum absolute atomic E-state index is 13.1. The fourth-order valence-corrected chi connectivity index (χ4v) is 3.32. The summed E-state index contributed by atoms with van der Waals surface area (Å²) in [6.07, 6.45) is 1.07. The SMILES string of the molecule is CC(C)=CC[C@@]1(O)C(=O)C(C(=O)CC(C)C)=C(O)C2=C1O[C@@H](C(C)(C)O)C2. The Morgan fingerprint density at radius 1 is 1.37 bits per heavy atom. The Bertz CT molecular complexity index is 743. The number of ketones is 2. The molecule has 0 radical (unpaired) electrons. The van der Waals surface area contributed by atoms with E-state index in [1.807, 2.05) is 27.7 Å². The molecule has 0 spiro atoms. The fraction of sp³-hybridized carbons (Fsp3) is 0.619. The minimum absolute atomic E-state index is 0.00389. The van der Waals surface area contributed by atoms with E-state index in [1.54, 1.807) is 19.9 Å². The first kappa shape index (κ1) is 21.4. The van der Waals surface area contributed by atoms with E-state index in [0.29, 0.717) is 0 Å². The Kier molecular flexibility index (Phi) is 5.74. The Labute approximate surface area is 160 Å². The molecule has 0 amide bonds. The monoisotopic (exact) mass is 378 g/mol. The van der Waals surface area contributed by atoms with E-state index in [-0.39, 0.29) is 42.1 Å². The van der Waals surface area contributed by atoms with Gasteiger partial charge in [0.15, 0.2) is 11.4 Å². The second kappa shape index (κ2) is 7.24. The Balaban J connectivity index is 2.58. The van der Waals surface area contributed by atoms with Crippen LogP contribution >= 0.6 is 0 Å². The summed E-state index contributed by atoms with van der Waals surface area (Å²) in [6.45, 7) is 10.5. The summed E-state index contributed by atoms with van der Waals surface area (Å²) in [5, 5.41) is 32.2. The molecule has 1 aliphatic carbocycles. The second-order valence-electron chi connectivity index (χ2n) is 8.69. The van der Waals surface area contributed by atoms with Crippen LogP contribution in [0.15, 0.2) is 34.3 Å². The summed E-state index contributed by atoms with van der Waals surface area (Å²) in [5.74, 6) is -1.85. The van der Waals surface area contributed by atoms with Crippen LogP contribution in [-0.2, 0) is 14.3 Å². The van der Waals surface area contributed by atoms with Gasteiger partial charge >= 0.3 is 0 Å². The van der Waals surface area contributed by atoms with Crippen molar-refractivity contribution in [2.24, 2.45) is 5.92 Å². The molecule has 1 heterocycles. The van der Waals surface area contributed by atoms with Crippen LogP contribution < -0.4 is 0 Å². The molecule has 2 aliphatic rings. The van der Waals surface area contributed by atoms with Gasteiger partial charge in [-0.15, -0.1) is 0 Å². The summed E-state index contributed by atoms with van der Waals surface area (Å²) in [5.41, 5.74) is -2.57. The van der Waals surface area contributed by atoms with Gasteiger partial charge in [0.05, 0.1) is 5.60 Å². The highest BCUT2D eigenvalue weighted by Crippen LogP contribution is 2.46. The van der Waals surface area contributed by atoms with Crippen molar-refractivity contribution in [1.82, 2.24) is 0 Å².